The summed E-state index contributed by atoms with van der Waals surface area (Å²) in [6.45, 7) is 10.5. The second-order valence-electron chi connectivity index (χ2n) is 5.39. The van der Waals surface area contributed by atoms with Crippen molar-refractivity contribution in [2.75, 3.05) is 39.8 Å². The van der Waals surface area contributed by atoms with E-state index in [2.05, 4.69) is 66.3 Å². The normalized spacial score (nSPS) is 21.2. The molecule has 1 saturated heterocycles. The standard InChI is InChI=1S/C16H27N3/c1-4-18-10-12-19(13-11-18)14(2)16(17-3)15-8-6-5-7-9-15/h5-9,14,16-17H,4,10-13H2,1-3H3. The average Bonchev–Trinajstić information content (AvgIpc) is 2.49. The van der Waals surface area contributed by atoms with Gasteiger partial charge in [-0.15, -0.1) is 0 Å². The molecule has 1 aromatic rings. The van der Waals surface area contributed by atoms with Gasteiger partial charge < -0.3 is 10.2 Å². The summed E-state index contributed by atoms with van der Waals surface area (Å²) in [5, 5.41) is 3.49. The number of piperazine rings is 1. The van der Waals surface area contributed by atoms with Gasteiger partial charge in [-0.25, -0.2) is 0 Å². The lowest BCUT2D eigenvalue weighted by atomic mass is 9.99. The summed E-state index contributed by atoms with van der Waals surface area (Å²) >= 11 is 0. The Hall–Kier alpha value is -0.900. The van der Waals surface area contributed by atoms with E-state index in [-0.39, 0.29) is 0 Å². The van der Waals surface area contributed by atoms with E-state index in [1.165, 1.54) is 38.3 Å². The van der Waals surface area contributed by atoms with Crippen molar-refractivity contribution >= 4 is 0 Å². The van der Waals surface area contributed by atoms with Crippen molar-refractivity contribution in [2.24, 2.45) is 0 Å². The number of hydrogen-bond donors (Lipinski definition) is 1. The number of hydrogen-bond acceptors (Lipinski definition) is 3. The molecular weight excluding hydrogens is 234 g/mol. The minimum absolute atomic E-state index is 0.411. The molecule has 1 fully saturated rings. The molecule has 1 aromatic carbocycles. The van der Waals surface area contributed by atoms with E-state index in [1.807, 2.05) is 0 Å². The second kappa shape index (κ2) is 7.04. The quantitative estimate of drug-likeness (QED) is 0.874. The van der Waals surface area contributed by atoms with Crippen LogP contribution in [0.1, 0.15) is 25.5 Å². The van der Waals surface area contributed by atoms with Crippen LogP contribution in [0.2, 0.25) is 0 Å². The molecule has 2 unspecified atom stereocenters. The molecule has 0 aromatic heterocycles. The zero-order valence-corrected chi connectivity index (χ0v) is 12.5. The summed E-state index contributed by atoms with van der Waals surface area (Å²) in [5.74, 6) is 0. The summed E-state index contributed by atoms with van der Waals surface area (Å²) in [7, 11) is 2.07. The zero-order valence-electron chi connectivity index (χ0n) is 12.5. The predicted molar refractivity (Wildman–Crippen MR) is 81.4 cm³/mol. The third-order valence-electron chi connectivity index (χ3n) is 4.38. The van der Waals surface area contributed by atoms with Gasteiger partial charge in [-0.05, 0) is 26.1 Å². The average molecular weight is 261 g/mol. The van der Waals surface area contributed by atoms with Crippen LogP contribution in [0.4, 0.5) is 0 Å². The van der Waals surface area contributed by atoms with Gasteiger partial charge in [-0.3, -0.25) is 4.90 Å². The number of likely N-dealkylation sites (N-methyl/N-ethyl adjacent to an activating group) is 2. The first-order chi connectivity index (χ1) is 9.26. The molecule has 2 atom stereocenters. The predicted octanol–water partition coefficient (Wildman–Crippen LogP) is 1.97. The van der Waals surface area contributed by atoms with Crippen molar-refractivity contribution in [3.05, 3.63) is 35.9 Å². The maximum Gasteiger partial charge on any atom is 0.0473 e. The Kier molecular flexibility index (Phi) is 5.37. The van der Waals surface area contributed by atoms with Gasteiger partial charge in [0.05, 0.1) is 0 Å². The molecule has 0 aliphatic carbocycles. The van der Waals surface area contributed by atoms with Crippen molar-refractivity contribution in [1.29, 1.82) is 0 Å². The highest BCUT2D eigenvalue weighted by molar-refractivity contribution is 5.20. The van der Waals surface area contributed by atoms with Crippen LogP contribution in [0.25, 0.3) is 0 Å². The van der Waals surface area contributed by atoms with E-state index >= 15 is 0 Å². The molecule has 0 bridgehead atoms. The van der Waals surface area contributed by atoms with Gasteiger partial charge in [0.2, 0.25) is 0 Å². The van der Waals surface area contributed by atoms with Crippen molar-refractivity contribution < 1.29 is 0 Å². The third-order valence-corrected chi connectivity index (χ3v) is 4.38. The van der Waals surface area contributed by atoms with E-state index < -0.39 is 0 Å². The van der Waals surface area contributed by atoms with E-state index in [9.17, 15) is 0 Å². The van der Waals surface area contributed by atoms with E-state index in [1.54, 1.807) is 0 Å². The lowest BCUT2D eigenvalue weighted by molar-refractivity contribution is 0.0898. The Morgan fingerprint density at radius 2 is 1.74 bits per heavy atom. The Balaban J connectivity index is 1.99. The Labute approximate surface area is 117 Å². The van der Waals surface area contributed by atoms with Crippen LogP contribution in [-0.4, -0.2) is 55.6 Å². The molecule has 106 valence electrons. The van der Waals surface area contributed by atoms with Gasteiger partial charge in [0.15, 0.2) is 0 Å². The first kappa shape index (κ1) is 14.5. The van der Waals surface area contributed by atoms with E-state index in [4.69, 9.17) is 0 Å². The Morgan fingerprint density at radius 3 is 2.26 bits per heavy atom. The Morgan fingerprint density at radius 1 is 1.11 bits per heavy atom. The molecule has 1 aliphatic rings. The van der Waals surface area contributed by atoms with Crippen molar-refractivity contribution in [3.63, 3.8) is 0 Å². The molecule has 3 nitrogen and oxygen atoms in total. The number of benzene rings is 1. The van der Waals surface area contributed by atoms with Crippen LogP contribution < -0.4 is 5.32 Å². The van der Waals surface area contributed by atoms with E-state index in [0.717, 1.165) is 0 Å². The molecule has 1 heterocycles. The molecule has 0 spiro atoms. The molecule has 0 amide bonds. The molecular formula is C16H27N3. The number of nitrogens with zero attached hydrogens (tertiary/aromatic N) is 2. The fourth-order valence-electron chi connectivity index (χ4n) is 3.04. The SMILES string of the molecule is CCN1CCN(C(C)C(NC)c2ccccc2)CC1. The summed E-state index contributed by atoms with van der Waals surface area (Å²) < 4.78 is 0. The number of rotatable bonds is 5. The van der Waals surface area contributed by atoms with Gasteiger partial charge in [0.1, 0.15) is 0 Å². The largest absolute Gasteiger partial charge is 0.312 e. The Bertz CT molecular complexity index is 358. The van der Waals surface area contributed by atoms with Gasteiger partial charge in [-0.1, -0.05) is 37.3 Å². The third kappa shape index (κ3) is 3.56. The summed E-state index contributed by atoms with van der Waals surface area (Å²) in [6, 6.07) is 11.7. The van der Waals surface area contributed by atoms with Crippen LogP contribution in [0.3, 0.4) is 0 Å². The first-order valence-corrected chi connectivity index (χ1v) is 7.45. The molecule has 3 heteroatoms. The minimum Gasteiger partial charge on any atom is -0.312 e. The van der Waals surface area contributed by atoms with Gasteiger partial charge in [-0.2, -0.15) is 0 Å². The van der Waals surface area contributed by atoms with Crippen LogP contribution >= 0.6 is 0 Å². The van der Waals surface area contributed by atoms with Crippen LogP contribution in [-0.2, 0) is 0 Å². The maximum atomic E-state index is 3.49. The smallest absolute Gasteiger partial charge is 0.0473 e. The topological polar surface area (TPSA) is 18.5 Å². The summed E-state index contributed by atoms with van der Waals surface area (Å²) in [4.78, 5) is 5.14. The van der Waals surface area contributed by atoms with Crippen LogP contribution in [0, 0.1) is 0 Å². The van der Waals surface area contributed by atoms with Gasteiger partial charge >= 0.3 is 0 Å². The fraction of sp³-hybridized carbons (Fsp3) is 0.625. The maximum absolute atomic E-state index is 3.49. The molecule has 19 heavy (non-hydrogen) atoms. The minimum atomic E-state index is 0.411. The molecule has 2 rings (SSSR count). The van der Waals surface area contributed by atoms with Crippen molar-refractivity contribution in [3.8, 4) is 0 Å². The highest BCUT2D eigenvalue weighted by Gasteiger charge is 2.26. The molecule has 0 radical (unpaired) electrons. The second-order valence-corrected chi connectivity index (χ2v) is 5.39. The zero-order chi connectivity index (χ0) is 13.7. The first-order valence-electron chi connectivity index (χ1n) is 7.45. The lowest BCUT2D eigenvalue weighted by Gasteiger charge is -2.40. The highest BCUT2D eigenvalue weighted by Crippen LogP contribution is 2.21. The number of nitrogens with one attached hydrogen (secondary N) is 1. The fourth-order valence-corrected chi connectivity index (χ4v) is 3.04. The lowest BCUT2D eigenvalue weighted by Crippen LogP contribution is -2.52. The van der Waals surface area contributed by atoms with Crippen LogP contribution in [0.5, 0.6) is 0 Å². The molecule has 1 N–H and O–H groups in total. The van der Waals surface area contributed by atoms with Crippen molar-refractivity contribution in [2.45, 2.75) is 25.9 Å². The van der Waals surface area contributed by atoms with Crippen molar-refractivity contribution in [1.82, 2.24) is 15.1 Å². The summed E-state index contributed by atoms with van der Waals surface area (Å²) in [6.07, 6.45) is 0. The molecule has 1 aliphatic heterocycles. The van der Waals surface area contributed by atoms with E-state index in [0.29, 0.717) is 12.1 Å². The van der Waals surface area contributed by atoms with Gasteiger partial charge in [0.25, 0.3) is 0 Å². The summed E-state index contributed by atoms with van der Waals surface area (Å²) in [5.41, 5.74) is 1.38. The monoisotopic (exact) mass is 261 g/mol. The highest BCUT2D eigenvalue weighted by atomic mass is 15.3. The molecule has 0 saturated carbocycles. The van der Waals surface area contributed by atoms with Gasteiger partial charge in [0, 0.05) is 38.3 Å². The van der Waals surface area contributed by atoms with Crippen LogP contribution in [0.15, 0.2) is 30.3 Å².